The minimum absolute atomic E-state index is 0. The van der Waals surface area contributed by atoms with E-state index in [1.807, 2.05) is 4.90 Å². The summed E-state index contributed by atoms with van der Waals surface area (Å²) in [6.07, 6.45) is 1.36. The number of halogens is 2. The van der Waals surface area contributed by atoms with Gasteiger partial charge in [0.25, 0.3) is 5.91 Å². The highest BCUT2D eigenvalue weighted by molar-refractivity contribution is 5.85. The summed E-state index contributed by atoms with van der Waals surface area (Å²) in [6.45, 7) is 9.53. The van der Waals surface area contributed by atoms with E-state index in [1.165, 1.54) is 0 Å². The standard InChI is InChI=1S/C15H31N3O3.2ClH/c1-4-17(5-2)8-9-18(10-11-20-3)15(19)14-7-6-13(12-16)21-14;;/h13-14H,4-12,16H2,1-3H3;2*1H/t13-,14+;;/m1../s1. The molecule has 1 aliphatic heterocycles. The van der Waals surface area contributed by atoms with Gasteiger partial charge in [-0.05, 0) is 25.9 Å². The molecule has 6 nitrogen and oxygen atoms in total. The van der Waals surface area contributed by atoms with Crippen LogP contribution in [0.1, 0.15) is 26.7 Å². The molecule has 0 spiro atoms. The van der Waals surface area contributed by atoms with Crippen molar-refractivity contribution >= 4 is 30.7 Å². The van der Waals surface area contributed by atoms with E-state index >= 15 is 0 Å². The SMILES string of the molecule is CCN(CC)CCN(CCOC)C(=O)[C@@H]1CC[C@H](CN)O1.Cl.Cl. The topological polar surface area (TPSA) is 68.0 Å². The van der Waals surface area contributed by atoms with E-state index in [0.717, 1.165) is 39.0 Å². The van der Waals surface area contributed by atoms with E-state index < -0.39 is 0 Å². The van der Waals surface area contributed by atoms with Crippen molar-refractivity contribution in [1.82, 2.24) is 9.80 Å². The number of methoxy groups -OCH3 is 1. The molecule has 2 atom stereocenters. The zero-order valence-electron chi connectivity index (χ0n) is 14.5. The summed E-state index contributed by atoms with van der Waals surface area (Å²) >= 11 is 0. The maximum Gasteiger partial charge on any atom is 0.251 e. The molecule has 1 fully saturated rings. The lowest BCUT2D eigenvalue weighted by Crippen LogP contribution is -2.45. The Morgan fingerprint density at radius 1 is 1.17 bits per heavy atom. The van der Waals surface area contributed by atoms with Crippen molar-refractivity contribution in [3.63, 3.8) is 0 Å². The molecular weight excluding hydrogens is 341 g/mol. The second kappa shape index (κ2) is 14.3. The van der Waals surface area contributed by atoms with Crippen LogP contribution < -0.4 is 5.73 Å². The number of ether oxygens (including phenoxy) is 2. The molecular formula is C15H33Cl2N3O3. The Hall–Kier alpha value is -0.110. The summed E-state index contributed by atoms with van der Waals surface area (Å²) < 4.78 is 10.8. The quantitative estimate of drug-likeness (QED) is 0.622. The van der Waals surface area contributed by atoms with Crippen LogP contribution in [-0.2, 0) is 14.3 Å². The largest absolute Gasteiger partial charge is 0.383 e. The summed E-state index contributed by atoms with van der Waals surface area (Å²) in [5.41, 5.74) is 5.61. The van der Waals surface area contributed by atoms with Gasteiger partial charge < -0.3 is 25.0 Å². The van der Waals surface area contributed by atoms with Crippen molar-refractivity contribution in [3.8, 4) is 0 Å². The Balaban J connectivity index is 0. The predicted octanol–water partition coefficient (Wildman–Crippen LogP) is 1.15. The van der Waals surface area contributed by atoms with Crippen LogP contribution in [0.15, 0.2) is 0 Å². The molecule has 0 aromatic rings. The van der Waals surface area contributed by atoms with Crippen LogP contribution in [0.4, 0.5) is 0 Å². The Morgan fingerprint density at radius 2 is 1.83 bits per heavy atom. The number of carbonyl (C=O) groups is 1. The molecule has 2 N–H and O–H groups in total. The molecule has 8 heteroatoms. The Labute approximate surface area is 152 Å². The molecule has 1 aliphatic rings. The van der Waals surface area contributed by atoms with Gasteiger partial charge in [0.05, 0.1) is 12.7 Å². The minimum atomic E-state index is -0.327. The smallest absolute Gasteiger partial charge is 0.251 e. The molecule has 1 rings (SSSR count). The van der Waals surface area contributed by atoms with Gasteiger partial charge in [0.15, 0.2) is 0 Å². The highest BCUT2D eigenvalue weighted by Crippen LogP contribution is 2.20. The van der Waals surface area contributed by atoms with Gasteiger partial charge in [-0.2, -0.15) is 0 Å². The van der Waals surface area contributed by atoms with Crippen molar-refractivity contribution in [2.45, 2.75) is 38.9 Å². The first kappa shape index (κ1) is 25.1. The molecule has 0 saturated carbocycles. The van der Waals surface area contributed by atoms with Crippen molar-refractivity contribution in [3.05, 3.63) is 0 Å². The number of carbonyl (C=O) groups excluding carboxylic acids is 1. The van der Waals surface area contributed by atoms with Crippen LogP contribution >= 0.6 is 24.8 Å². The van der Waals surface area contributed by atoms with Crippen molar-refractivity contribution < 1.29 is 14.3 Å². The fourth-order valence-electron chi connectivity index (χ4n) is 2.60. The van der Waals surface area contributed by atoms with Gasteiger partial charge in [-0.3, -0.25) is 4.79 Å². The van der Waals surface area contributed by atoms with E-state index in [1.54, 1.807) is 7.11 Å². The minimum Gasteiger partial charge on any atom is -0.383 e. The maximum atomic E-state index is 12.6. The summed E-state index contributed by atoms with van der Waals surface area (Å²) in [7, 11) is 1.66. The van der Waals surface area contributed by atoms with Gasteiger partial charge in [0.1, 0.15) is 6.10 Å². The van der Waals surface area contributed by atoms with Crippen LogP contribution in [0.25, 0.3) is 0 Å². The highest BCUT2D eigenvalue weighted by atomic mass is 35.5. The fraction of sp³-hybridized carbons (Fsp3) is 0.933. The molecule has 1 saturated heterocycles. The second-order valence-electron chi connectivity index (χ2n) is 5.40. The van der Waals surface area contributed by atoms with E-state index in [4.69, 9.17) is 15.2 Å². The molecule has 0 aromatic carbocycles. The van der Waals surface area contributed by atoms with Crippen LogP contribution in [0, 0.1) is 0 Å². The van der Waals surface area contributed by atoms with Gasteiger partial charge >= 0.3 is 0 Å². The Morgan fingerprint density at radius 3 is 2.30 bits per heavy atom. The van der Waals surface area contributed by atoms with E-state index in [2.05, 4.69) is 18.7 Å². The summed E-state index contributed by atoms with van der Waals surface area (Å²) in [6, 6.07) is 0. The monoisotopic (exact) mass is 373 g/mol. The molecule has 23 heavy (non-hydrogen) atoms. The van der Waals surface area contributed by atoms with Crippen molar-refractivity contribution in [1.29, 1.82) is 0 Å². The first-order chi connectivity index (χ1) is 10.2. The summed E-state index contributed by atoms with van der Waals surface area (Å²) in [4.78, 5) is 16.8. The first-order valence-corrected chi connectivity index (χ1v) is 8.01. The normalized spacial score (nSPS) is 20.0. The highest BCUT2D eigenvalue weighted by Gasteiger charge is 2.32. The van der Waals surface area contributed by atoms with Gasteiger partial charge in [-0.25, -0.2) is 0 Å². The van der Waals surface area contributed by atoms with Crippen LogP contribution in [0.3, 0.4) is 0 Å². The lowest BCUT2D eigenvalue weighted by molar-refractivity contribution is -0.143. The summed E-state index contributed by atoms with van der Waals surface area (Å²) in [5.74, 6) is 0.0788. The van der Waals surface area contributed by atoms with Gasteiger partial charge in [-0.1, -0.05) is 13.8 Å². The third-order valence-electron chi connectivity index (χ3n) is 4.10. The zero-order chi connectivity index (χ0) is 15.7. The number of nitrogens with two attached hydrogens (primary N) is 1. The van der Waals surface area contributed by atoms with Crippen LogP contribution in [0.5, 0.6) is 0 Å². The second-order valence-corrected chi connectivity index (χ2v) is 5.40. The van der Waals surface area contributed by atoms with E-state index in [0.29, 0.717) is 19.7 Å². The molecule has 0 unspecified atom stereocenters. The first-order valence-electron chi connectivity index (χ1n) is 8.01. The molecule has 140 valence electrons. The van der Waals surface area contributed by atoms with Gasteiger partial charge in [-0.15, -0.1) is 24.8 Å². The fourth-order valence-corrected chi connectivity index (χ4v) is 2.60. The maximum absolute atomic E-state index is 12.6. The van der Waals surface area contributed by atoms with Crippen molar-refractivity contribution in [2.24, 2.45) is 5.73 Å². The lowest BCUT2D eigenvalue weighted by Gasteiger charge is -2.28. The predicted molar refractivity (Wildman–Crippen MR) is 97.7 cm³/mol. The number of amides is 1. The Bertz CT molecular complexity index is 308. The number of likely N-dealkylation sites (N-methyl/N-ethyl adjacent to an activating group) is 1. The third-order valence-corrected chi connectivity index (χ3v) is 4.10. The Kier molecular flexibility index (Phi) is 15.6. The number of nitrogens with zero attached hydrogens (tertiary/aromatic N) is 2. The summed E-state index contributed by atoms with van der Waals surface area (Å²) in [5, 5.41) is 0. The van der Waals surface area contributed by atoms with Crippen LogP contribution in [-0.4, -0.2) is 80.9 Å². The molecule has 1 amide bonds. The molecule has 1 heterocycles. The average Bonchev–Trinajstić information content (AvgIpc) is 2.99. The number of hydrogen-bond donors (Lipinski definition) is 1. The molecule has 0 aromatic heterocycles. The van der Waals surface area contributed by atoms with Gasteiger partial charge in [0, 0.05) is 33.3 Å². The third kappa shape index (κ3) is 8.52. The zero-order valence-corrected chi connectivity index (χ0v) is 16.2. The number of hydrogen-bond acceptors (Lipinski definition) is 5. The molecule has 0 bridgehead atoms. The van der Waals surface area contributed by atoms with Crippen LogP contribution in [0.2, 0.25) is 0 Å². The average molecular weight is 374 g/mol. The molecule has 0 radical (unpaired) electrons. The number of rotatable bonds is 10. The lowest BCUT2D eigenvalue weighted by atomic mass is 10.2. The van der Waals surface area contributed by atoms with Crippen molar-refractivity contribution in [2.75, 3.05) is 53.0 Å². The van der Waals surface area contributed by atoms with Gasteiger partial charge in [0.2, 0.25) is 0 Å². The van der Waals surface area contributed by atoms with E-state index in [-0.39, 0.29) is 42.9 Å². The van der Waals surface area contributed by atoms with E-state index in [9.17, 15) is 4.79 Å². The molecule has 0 aliphatic carbocycles.